The minimum absolute atomic E-state index is 0.0160. The smallest absolute Gasteiger partial charge is 0.212 e. The van der Waals surface area contributed by atoms with Crippen molar-refractivity contribution < 1.29 is 17.2 Å². The van der Waals surface area contributed by atoms with Crippen LogP contribution >= 0.6 is 0 Å². The van der Waals surface area contributed by atoms with Gasteiger partial charge in [0.1, 0.15) is 5.82 Å². The second kappa shape index (κ2) is 5.07. The Balaban J connectivity index is 1.98. The van der Waals surface area contributed by atoms with Gasteiger partial charge in [0.05, 0.1) is 28.6 Å². The number of fused-ring (bicyclic) bond motifs is 1. The highest BCUT2D eigenvalue weighted by atomic mass is 32.2. The first-order valence-electron chi connectivity index (χ1n) is 6.36. The maximum Gasteiger partial charge on any atom is 0.212 e. The molecule has 21 heavy (non-hydrogen) atoms. The number of aromatic nitrogens is 1. The van der Waals surface area contributed by atoms with Crippen molar-refractivity contribution in [1.29, 1.82) is 0 Å². The topological polar surface area (TPSA) is 59.1 Å². The molecule has 0 radical (unpaired) electrons. The normalized spacial score (nSPS) is 19.8. The second-order valence-corrected chi connectivity index (χ2v) is 6.93. The standard InChI is InChI=1S/C14H12F2N2O2S/c15-9-1-3-13-11(7-9)12(5-6-21(13,19)20)18-10-2-4-14(16)17-8-10/h1-4,7-8,12,18H,5-6H2. The van der Waals surface area contributed by atoms with Gasteiger partial charge in [-0.15, -0.1) is 0 Å². The van der Waals surface area contributed by atoms with E-state index >= 15 is 0 Å². The van der Waals surface area contributed by atoms with Gasteiger partial charge in [0.15, 0.2) is 9.84 Å². The SMILES string of the molecule is O=S1(=O)CCC(Nc2ccc(F)nc2)c2cc(F)ccc21. The minimum Gasteiger partial charge on any atom is -0.377 e. The summed E-state index contributed by atoms with van der Waals surface area (Å²) in [6, 6.07) is 6.00. The summed E-state index contributed by atoms with van der Waals surface area (Å²) in [5, 5.41) is 3.07. The van der Waals surface area contributed by atoms with Gasteiger partial charge in [0.2, 0.25) is 5.95 Å². The van der Waals surface area contributed by atoms with Crippen LogP contribution < -0.4 is 5.32 Å². The summed E-state index contributed by atoms with van der Waals surface area (Å²) in [5.41, 5.74) is 0.946. The number of benzene rings is 1. The summed E-state index contributed by atoms with van der Waals surface area (Å²) >= 11 is 0. The predicted octanol–water partition coefficient (Wildman–Crippen LogP) is 2.69. The van der Waals surface area contributed by atoms with Gasteiger partial charge < -0.3 is 5.32 Å². The number of sulfone groups is 1. The molecular formula is C14H12F2N2O2S. The van der Waals surface area contributed by atoms with Crippen molar-refractivity contribution >= 4 is 15.5 Å². The Morgan fingerprint density at radius 1 is 1.19 bits per heavy atom. The van der Waals surface area contributed by atoms with Crippen LogP contribution in [0.5, 0.6) is 0 Å². The number of pyridine rings is 1. The zero-order valence-corrected chi connectivity index (χ0v) is 11.7. The molecule has 0 saturated heterocycles. The van der Waals surface area contributed by atoms with Gasteiger partial charge in [-0.25, -0.2) is 17.8 Å². The first-order valence-corrected chi connectivity index (χ1v) is 8.01. The van der Waals surface area contributed by atoms with Crippen molar-refractivity contribution in [1.82, 2.24) is 4.98 Å². The number of nitrogens with one attached hydrogen (secondary N) is 1. The van der Waals surface area contributed by atoms with Crippen molar-refractivity contribution in [2.45, 2.75) is 17.4 Å². The number of hydrogen-bond acceptors (Lipinski definition) is 4. The third-order valence-corrected chi connectivity index (χ3v) is 5.24. The van der Waals surface area contributed by atoms with E-state index in [4.69, 9.17) is 0 Å². The van der Waals surface area contributed by atoms with Gasteiger partial charge in [0.25, 0.3) is 0 Å². The van der Waals surface area contributed by atoms with E-state index in [0.717, 1.165) is 6.07 Å². The summed E-state index contributed by atoms with van der Waals surface area (Å²) in [7, 11) is -3.37. The molecule has 0 spiro atoms. The van der Waals surface area contributed by atoms with Gasteiger partial charge in [-0.1, -0.05) is 0 Å². The van der Waals surface area contributed by atoms with Crippen LogP contribution in [0, 0.1) is 11.8 Å². The van der Waals surface area contributed by atoms with Crippen LogP contribution in [0.4, 0.5) is 14.5 Å². The van der Waals surface area contributed by atoms with Crippen LogP contribution in [0.2, 0.25) is 0 Å². The first kappa shape index (κ1) is 13.9. The van der Waals surface area contributed by atoms with Gasteiger partial charge in [0, 0.05) is 0 Å². The average molecular weight is 310 g/mol. The van der Waals surface area contributed by atoms with E-state index < -0.39 is 21.6 Å². The third-order valence-electron chi connectivity index (χ3n) is 3.43. The molecule has 2 aromatic rings. The van der Waals surface area contributed by atoms with Gasteiger partial charge >= 0.3 is 0 Å². The van der Waals surface area contributed by atoms with E-state index in [1.165, 1.54) is 30.5 Å². The fourth-order valence-corrected chi connectivity index (χ4v) is 4.03. The summed E-state index contributed by atoms with van der Waals surface area (Å²) in [5.74, 6) is -1.11. The Labute approximate surface area is 120 Å². The van der Waals surface area contributed by atoms with E-state index in [2.05, 4.69) is 10.3 Å². The number of halogens is 2. The maximum atomic E-state index is 13.4. The number of hydrogen-bond donors (Lipinski definition) is 1. The lowest BCUT2D eigenvalue weighted by Gasteiger charge is -2.27. The average Bonchev–Trinajstić information content (AvgIpc) is 2.44. The molecule has 1 aromatic carbocycles. The largest absolute Gasteiger partial charge is 0.377 e. The van der Waals surface area contributed by atoms with Crippen molar-refractivity contribution in [3.63, 3.8) is 0 Å². The van der Waals surface area contributed by atoms with Crippen LogP contribution in [0.3, 0.4) is 0 Å². The molecule has 1 aliphatic heterocycles. The highest BCUT2D eigenvalue weighted by Crippen LogP contribution is 2.34. The van der Waals surface area contributed by atoms with Crippen molar-refractivity contribution in [2.75, 3.05) is 11.1 Å². The van der Waals surface area contributed by atoms with Gasteiger partial charge in [-0.3, -0.25) is 0 Å². The van der Waals surface area contributed by atoms with E-state index in [9.17, 15) is 17.2 Å². The van der Waals surface area contributed by atoms with E-state index in [-0.39, 0.29) is 16.7 Å². The second-order valence-electron chi connectivity index (χ2n) is 4.86. The molecule has 1 aromatic heterocycles. The maximum absolute atomic E-state index is 13.4. The Bertz CT molecular complexity index is 776. The van der Waals surface area contributed by atoms with Crippen molar-refractivity contribution in [2.24, 2.45) is 0 Å². The molecule has 1 aliphatic rings. The molecule has 0 amide bonds. The lowest BCUT2D eigenvalue weighted by Crippen LogP contribution is -2.24. The molecular weight excluding hydrogens is 298 g/mol. The molecule has 1 unspecified atom stereocenters. The lowest BCUT2D eigenvalue weighted by molar-refractivity contribution is 0.570. The van der Waals surface area contributed by atoms with Crippen LogP contribution in [-0.2, 0) is 9.84 Å². The molecule has 0 aliphatic carbocycles. The summed E-state index contributed by atoms with van der Waals surface area (Å²) < 4.78 is 50.2. The van der Waals surface area contributed by atoms with Crippen molar-refractivity contribution in [3.8, 4) is 0 Å². The zero-order valence-electron chi connectivity index (χ0n) is 10.9. The predicted molar refractivity (Wildman–Crippen MR) is 73.6 cm³/mol. The Morgan fingerprint density at radius 3 is 2.71 bits per heavy atom. The van der Waals surface area contributed by atoms with Gasteiger partial charge in [-0.2, -0.15) is 4.39 Å². The van der Waals surface area contributed by atoms with Crippen molar-refractivity contribution in [3.05, 3.63) is 53.9 Å². The monoisotopic (exact) mass is 310 g/mol. The van der Waals surface area contributed by atoms with Crippen LogP contribution in [0.15, 0.2) is 41.4 Å². The summed E-state index contributed by atoms with van der Waals surface area (Å²) in [6.07, 6.45) is 1.63. The highest BCUT2D eigenvalue weighted by molar-refractivity contribution is 7.91. The number of anilines is 1. The van der Waals surface area contributed by atoms with Crippen LogP contribution in [0.1, 0.15) is 18.0 Å². The van der Waals surface area contributed by atoms with Crippen LogP contribution in [-0.4, -0.2) is 19.2 Å². The molecule has 1 atom stereocenters. The molecule has 7 heteroatoms. The molecule has 3 rings (SSSR count). The van der Waals surface area contributed by atoms with E-state index in [1.54, 1.807) is 0 Å². The highest BCUT2D eigenvalue weighted by Gasteiger charge is 2.30. The molecule has 0 saturated carbocycles. The molecule has 0 bridgehead atoms. The molecule has 0 fully saturated rings. The Hall–Kier alpha value is -2.02. The molecule has 4 nitrogen and oxygen atoms in total. The Kier molecular flexibility index (Phi) is 3.36. The quantitative estimate of drug-likeness (QED) is 0.684. The van der Waals surface area contributed by atoms with Crippen LogP contribution in [0.25, 0.3) is 0 Å². The zero-order chi connectivity index (χ0) is 15.0. The summed E-state index contributed by atoms with van der Waals surface area (Å²) in [4.78, 5) is 3.67. The minimum atomic E-state index is -3.37. The molecule has 1 N–H and O–H groups in total. The number of rotatable bonds is 2. The third kappa shape index (κ3) is 2.73. The van der Waals surface area contributed by atoms with E-state index in [1.807, 2.05) is 0 Å². The van der Waals surface area contributed by atoms with E-state index in [0.29, 0.717) is 17.7 Å². The lowest BCUT2D eigenvalue weighted by atomic mass is 10.0. The molecule has 2 heterocycles. The number of nitrogens with zero attached hydrogens (tertiary/aromatic N) is 1. The first-order chi connectivity index (χ1) is 9.95. The fraction of sp³-hybridized carbons (Fsp3) is 0.214. The Morgan fingerprint density at radius 2 is 2.00 bits per heavy atom. The summed E-state index contributed by atoms with van der Waals surface area (Å²) in [6.45, 7) is 0. The van der Waals surface area contributed by atoms with Gasteiger partial charge in [-0.05, 0) is 42.3 Å². The fourth-order valence-electron chi connectivity index (χ4n) is 2.43. The molecule has 110 valence electrons.